The van der Waals surface area contributed by atoms with Crippen molar-refractivity contribution in [3.8, 4) is 11.5 Å². The molecule has 0 aliphatic rings. The number of fused-ring (bicyclic) bond motifs is 1. The molecule has 0 bridgehead atoms. The first-order valence-electron chi connectivity index (χ1n) is 9.16. The minimum atomic E-state index is -0.423. The highest BCUT2D eigenvalue weighted by molar-refractivity contribution is 7.18. The predicted molar refractivity (Wildman–Crippen MR) is 113 cm³/mol. The lowest BCUT2D eigenvalue weighted by atomic mass is 10.2. The van der Waals surface area contributed by atoms with Gasteiger partial charge in [0.05, 0.1) is 31.6 Å². The summed E-state index contributed by atoms with van der Waals surface area (Å²) in [4.78, 5) is 30.7. The van der Waals surface area contributed by atoms with E-state index in [4.69, 9.17) is 9.47 Å². The van der Waals surface area contributed by atoms with E-state index in [9.17, 15) is 9.59 Å². The molecule has 0 saturated heterocycles. The molecule has 1 N–H and O–H groups in total. The molecule has 0 aliphatic carbocycles. The Kier molecular flexibility index (Phi) is 6.61. The molecule has 1 amide bonds. The number of aryl methyl sites for hydroxylation is 1. The van der Waals surface area contributed by atoms with Crippen molar-refractivity contribution < 1.29 is 14.3 Å². The molecule has 0 saturated carbocycles. The van der Waals surface area contributed by atoms with Crippen LogP contribution in [0.25, 0.3) is 10.2 Å². The smallest absolute Gasteiger partial charge is 0.262 e. The summed E-state index contributed by atoms with van der Waals surface area (Å²) >= 11 is 1.49. The average molecular weight is 414 g/mol. The first-order chi connectivity index (χ1) is 14.0. The number of amides is 1. The maximum Gasteiger partial charge on any atom is 0.262 e. The van der Waals surface area contributed by atoms with E-state index in [2.05, 4.69) is 15.5 Å². The molecule has 8 nitrogen and oxygen atoms in total. The summed E-state index contributed by atoms with van der Waals surface area (Å²) in [6, 6.07) is 7.16. The molecule has 3 rings (SSSR count). The quantitative estimate of drug-likeness (QED) is 0.452. The number of hydrazone groups is 1. The van der Waals surface area contributed by atoms with E-state index in [-0.39, 0.29) is 12.1 Å². The Labute approximate surface area is 171 Å². The average Bonchev–Trinajstić information content (AvgIpc) is 3.15. The summed E-state index contributed by atoms with van der Waals surface area (Å²) in [7, 11) is 1.56. The zero-order valence-electron chi connectivity index (χ0n) is 16.5. The molecule has 0 atom stereocenters. The predicted octanol–water partition coefficient (Wildman–Crippen LogP) is 2.58. The van der Waals surface area contributed by atoms with Crippen molar-refractivity contribution in [2.75, 3.05) is 13.7 Å². The SMILES string of the molecule is CCOc1ccc(/C=N/NC(=O)Cn2cnc3sc(CC)cc3c2=O)cc1OC. The van der Waals surface area contributed by atoms with E-state index in [0.29, 0.717) is 28.3 Å². The molecule has 2 aromatic heterocycles. The third kappa shape index (κ3) is 4.80. The van der Waals surface area contributed by atoms with Crippen LogP contribution in [0.1, 0.15) is 24.3 Å². The number of aromatic nitrogens is 2. The van der Waals surface area contributed by atoms with Crippen molar-refractivity contribution in [3.05, 3.63) is 51.4 Å². The standard InChI is InChI=1S/C20H22N4O4S/c1-4-14-9-15-19(29-14)21-12-24(20(15)26)11-18(25)23-22-10-13-6-7-16(28-5-2)17(8-13)27-3/h6-10,12H,4-5,11H2,1-3H3,(H,23,25)/b22-10+. The summed E-state index contributed by atoms with van der Waals surface area (Å²) in [5, 5.41) is 4.48. The lowest BCUT2D eigenvalue weighted by Gasteiger charge is -2.09. The van der Waals surface area contributed by atoms with Gasteiger partial charge in [0.2, 0.25) is 0 Å². The normalized spacial score (nSPS) is 11.1. The van der Waals surface area contributed by atoms with Crippen molar-refractivity contribution >= 4 is 33.7 Å². The van der Waals surface area contributed by atoms with E-state index in [0.717, 1.165) is 16.9 Å². The molecule has 0 spiro atoms. The fraction of sp³-hybridized carbons (Fsp3) is 0.300. The van der Waals surface area contributed by atoms with Crippen LogP contribution >= 0.6 is 11.3 Å². The fourth-order valence-electron chi connectivity index (χ4n) is 2.70. The number of rotatable bonds is 8. The number of carbonyl (C=O) groups excluding carboxylic acids is 1. The van der Waals surface area contributed by atoms with Gasteiger partial charge in [-0.1, -0.05) is 6.92 Å². The second-order valence-corrected chi connectivity index (χ2v) is 7.21. The Bertz CT molecular complexity index is 1100. The van der Waals surface area contributed by atoms with Crippen LogP contribution in [-0.4, -0.2) is 35.4 Å². The van der Waals surface area contributed by atoms with Crippen molar-refractivity contribution in [1.82, 2.24) is 15.0 Å². The van der Waals surface area contributed by atoms with Gasteiger partial charge in [0.25, 0.3) is 11.5 Å². The van der Waals surface area contributed by atoms with Crippen LogP contribution in [0, 0.1) is 0 Å². The molecule has 2 heterocycles. The van der Waals surface area contributed by atoms with Gasteiger partial charge in [-0.3, -0.25) is 14.2 Å². The van der Waals surface area contributed by atoms with Crippen LogP contribution in [0.5, 0.6) is 11.5 Å². The molecule has 0 radical (unpaired) electrons. The van der Waals surface area contributed by atoms with Gasteiger partial charge in [0.1, 0.15) is 11.4 Å². The number of ether oxygens (including phenoxy) is 2. The van der Waals surface area contributed by atoms with Gasteiger partial charge in [-0.05, 0) is 43.2 Å². The van der Waals surface area contributed by atoms with Crippen molar-refractivity contribution in [2.24, 2.45) is 5.10 Å². The largest absolute Gasteiger partial charge is 0.493 e. The Balaban J connectivity index is 1.66. The van der Waals surface area contributed by atoms with E-state index in [1.807, 2.05) is 19.9 Å². The van der Waals surface area contributed by atoms with Crippen molar-refractivity contribution in [3.63, 3.8) is 0 Å². The van der Waals surface area contributed by atoms with Crippen molar-refractivity contribution in [1.29, 1.82) is 0 Å². The fourth-order valence-corrected chi connectivity index (χ4v) is 3.63. The zero-order chi connectivity index (χ0) is 20.8. The molecule has 0 aliphatic heterocycles. The van der Waals surface area contributed by atoms with E-state index < -0.39 is 5.91 Å². The van der Waals surface area contributed by atoms with Gasteiger partial charge in [0, 0.05) is 4.88 Å². The summed E-state index contributed by atoms with van der Waals surface area (Å²) in [5.41, 5.74) is 2.92. The summed E-state index contributed by atoms with van der Waals surface area (Å²) in [6.45, 7) is 4.28. The number of carbonyl (C=O) groups is 1. The van der Waals surface area contributed by atoms with Gasteiger partial charge in [-0.15, -0.1) is 11.3 Å². The monoisotopic (exact) mass is 414 g/mol. The number of nitrogens with zero attached hydrogens (tertiary/aromatic N) is 3. The van der Waals surface area contributed by atoms with E-state index in [1.165, 1.54) is 28.4 Å². The first-order valence-corrected chi connectivity index (χ1v) is 9.98. The van der Waals surface area contributed by atoms with Gasteiger partial charge in [-0.2, -0.15) is 5.10 Å². The molecule has 0 unspecified atom stereocenters. The van der Waals surface area contributed by atoms with Crippen LogP contribution in [0.4, 0.5) is 0 Å². The minimum absolute atomic E-state index is 0.164. The first kappa shape index (κ1) is 20.5. The highest BCUT2D eigenvalue weighted by atomic mass is 32.1. The van der Waals surface area contributed by atoms with Crippen LogP contribution in [0.3, 0.4) is 0 Å². The highest BCUT2D eigenvalue weighted by Crippen LogP contribution is 2.27. The summed E-state index contributed by atoms with van der Waals surface area (Å²) in [6.07, 6.45) is 3.72. The summed E-state index contributed by atoms with van der Waals surface area (Å²) < 4.78 is 12.0. The lowest BCUT2D eigenvalue weighted by molar-refractivity contribution is -0.121. The number of thiophene rings is 1. The van der Waals surface area contributed by atoms with Gasteiger partial charge < -0.3 is 9.47 Å². The number of benzene rings is 1. The van der Waals surface area contributed by atoms with Crippen LogP contribution in [-0.2, 0) is 17.8 Å². The Hall–Kier alpha value is -3.20. The second-order valence-electron chi connectivity index (χ2n) is 6.10. The number of methoxy groups -OCH3 is 1. The summed E-state index contributed by atoms with van der Waals surface area (Å²) in [5.74, 6) is 0.793. The third-order valence-corrected chi connectivity index (χ3v) is 5.31. The second kappa shape index (κ2) is 9.33. The molecule has 0 fully saturated rings. The molecule has 9 heteroatoms. The molecule has 3 aromatic rings. The van der Waals surface area contributed by atoms with E-state index >= 15 is 0 Å². The van der Waals surface area contributed by atoms with Crippen LogP contribution < -0.4 is 20.5 Å². The van der Waals surface area contributed by atoms with Crippen LogP contribution in [0.2, 0.25) is 0 Å². The number of hydrogen-bond donors (Lipinski definition) is 1. The lowest BCUT2D eigenvalue weighted by Crippen LogP contribution is -2.29. The molecule has 1 aromatic carbocycles. The maximum atomic E-state index is 12.5. The maximum absolute atomic E-state index is 12.5. The Morgan fingerprint density at radius 3 is 2.86 bits per heavy atom. The molecule has 152 valence electrons. The zero-order valence-corrected chi connectivity index (χ0v) is 17.3. The molecular formula is C20H22N4O4S. The Morgan fingerprint density at radius 1 is 1.31 bits per heavy atom. The number of hydrogen-bond acceptors (Lipinski definition) is 7. The number of nitrogens with one attached hydrogen (secondary N) is 1. The third-order valence-electron chi connectivity index (χ3n) is 4.12. The Morgan fingerprint density at radius 2 is 2.14 bits per heavy atom. The minimum Gasteiger partial charge on any atom is -0.493 e. The van der Waals surface area contributed by atoms with Crippen molar-refractivity contribution in [2.45, 2.75) is 26.8 Å². The van der Waals surface area contributed by atoms with Gasteiger partial charge in [-0.25, -0.2) is 10.4 Å². The van der Waals surface area contributed by atoms with Crippen LogP contribution in [0.15, 0.2) is 40.5 Å². The van der Waals surface area contributed by atoms with Gasteiger partial charge in [0.15, 0.2) is 11.5 Å². The highest BCUT2D eigenvalue weighted by Gasteiger charge is 2.10. The molecule has 29 heavy (non-hydrogen) atoms. The van der Waals surface area contributed by atoms with E-state index in [1.54, 1.807) is 25.3 Å². The van der Waals surface area contributed by atoms with Gasteiger partial charge >= 0.3 is 0 Å². The molecular weight excluding hydrogens is 392 g/mol. The topological polar surface area (TPSA) is 94.8 Å².